The number of rotatable bonds is 4. The van der Waals surface area contributed by atoms with Gasteiger partial charge in [0.2, 0.25) is 0 Å². The number of ether oxygens (including phenoxy) is 1. The molecule has 2 unspecified atom stereocenters. The van der Waals surface area contributed by atoms with E-state index in [9.17, 15) is 0 Å². The Morgan fingerprint density at radius 1 is 1.17 bits per heavy atom. The first-order valence-electron chi connectivity index (χ1n) is 6.38. The summed E-state index contributed by atoms with van der Waals surface area (Å²) in [6, 6.07) is 2.43. The van der Waals surface area contributed by atoms with Crippen LogP contribution in [-0.4, -0.2) is 32.1 Å². The molecule has 0 aliphatic rings. The molecule has 0 aliphatic carbocycles. The molecule has 0 radical (unpaired) electrons. The Labute approximate surface area is 111 Å². The molecule has 0 amide bonds. The van der Waals surface area contributed by atoms with Crippen LogP contribution in [0.15, 0.2) is 6.07 Å². The number of hydrogen-bond acceptors (Lipinski definition) is 3. The minimum Gasteiger partial charge on any atom is -0.496 e. The number of methoxy groups -OCH3 is 1. The highest BCUT2D eigenvalue weighted by Gasteiger charge is 2.25. The molecule has 102 valence electrons. The molecule has 2 N–H and O–H groups in total. The Balaban J connectivity index is 3.51. The van der Waals surface area contributed by atoms with E-state index in [0.29, 0.717) is 0 Å². The molecule has 18 heavy (non-hydrogen) atoms. The Morgan fingerprint density at radius 3 is 2.11 bits per heavy atom. The van der Waals surface area contributed by atoms with E-state index in [1.807, 2.05) is 6.92 Å². The van der Waals surface area contributed by atoms with Gasteiger partial charge >= 0.3 is 0 Å². The monoisotopic (exact) mass is 250 g/mol. The lowest BCUT2D eigenvalue weighted by Crippen LogP contribution is -2.36. The maximum Gasteiger partial charge on any atom is 0.127 e. The number of likely N-dealkylation sites (N-methyl/N-ethyl adjacent to an activating group) is 1. The van der Waals surface area contributed by atoms with Crippen molar-refractivity contribution in [2.45, 2.75) is 39.8 Å². The maximum absolute atomic E-state index is 6.15. The average molecular weight is 250 g/mol. The Hall–Kier alpha value is -1.06. The second-order valence-corrected chi connectivity index (χ2v) is 5.35. The number of nitrogens with zero attached hydrogens (tertiary/aromatic N) is 1. The van der Waals surface area contributed by atoms with Crippen LogP contribution in [0.2, 0.25) is 0 Å². The fraction of sp³-hybridized carbons (Fsp3) is 0.600. The van der Waals surface area contributed by atoms with E-state index in [2.05, 4.69) is 45.8 Å². The Morgan fingerprint density at radius 2 is 1.72 bits per heavy atom. The van der Waals surface area contributed by atoms with Crippen molar-refractivity contribution in [2.24, 2.45) is 5.73 Å². The first-order chi connectivity index (χ1) is 8.31. The molecule has 0 fully saturated rings. The molecule has 1 aromatic rings. The molecule has 0 saturated heterocycles. The summed E-state index contributed by atoms with van der Waals surface area (Å²) < 4.78 is 5.64. The molecular weight excluding hydrogens is 224 g/mol. The van der Waals surface area contributed by atoms with Gasteiger partial charge < -0.3 is 15.4 Å². The van der Waals surface area contributed by atoms with Gasteiger partial charge in [-0.05, 0) is 58.5 Å². The maximum atomic E-state index is 6.15. The number of nitrogens with two attached hydrogens (primary N) is 1. The largest absolute Gasteiger partial charge is 0.496 e. The third kappa shape index (κ3) is 2.68. The molecule has 3 nitrogen and oxygen atoms in total. The second kappa shape index (κ2) is 5.72. The second-order valence-electron chi connectivity index (χ2n) is 5.35. The minimum absolute atomic E-state index is 0.0507. The number of hydrogen-bond donors (Lipinski definition) is 1. The fourth-order valence-electron chi connectivity index (χ4n) is 2.69. The lowest BCUT2D eigenvalue weighted by atomic mass is 9.90. The van der Waals surface area contributed by atoms with Crippen molar-refractivity contribution in [2.75, 3.05) is 21.2 Å². The van der Waals surface area contributed by atoms with E-state index < -0.39 is 0 Å². The summed E-state index contributed by atoms with van der Waals surface area (Å²) in [5.41, 5.74) is 11.1. The van der Waals surface area contributed by atoms with E-state index in [1.165, 1.54) is 22.3 Å². The third-order valence-corrected chi connectivity index (χ3v) is 3.59. The van der Waals surface area contributed by atoms with E-state index in [1.54, 1.807) is 7.11 Å². The lowest BCUT2D eigenvalue weighted by Gasteiger charge is -2.31. The van der Waals surface area contributed by atoms with Crippen LogP contribution >= 0.6 is 0 Å². The van der Waals surface area contributed by atoms with Gasteiger partial charge in [0.15, 0.2) is 0 Å². The Bertz CT molecular complexity index is 417. The van der Waals surface area contributed by atoms with Crippen LogP contribution in [0.3, 0.4) is 0 Å². The lowest BCUT2D eigenvalue weighted by molar-refractivity contribution is 0.256. The normalized spacial score (nSPS) is 14.7. The first-order valence-corrected chi connectivity index (χ1v) is 6.38. The quantitative estimate of drug-likeness (QED) is 0.892. The molecule has 0 spiro atoms. The van der Waals surface area contributed by atoms with Crippen molar-refractivity contribution >= 4 is 0 Å². The van der Waals surface area contributed by atoms with Gasteiger partial charge in [0.25, 0.3) is 0 Å². The van der Waals surface area contributed by atoms with Crippen molar-refractivity contribution in [3.63, 3.8) is 0 Å². The number of aryl methyl sites for hydroxylation is 2. The summed E-state index contributed by atoms with van der Waals surface area (Å²) >= 11 is 0. The van der Waals surface area contributed by atoms with Gasteiger partial charge in [-0.15, -0.1) is 0 Å². The zero-order valence-corrected chi connectivity index (χ0v) is 12.7. The highest BCUT2D eigenvalue weighted by atomic mass is 16.5. The van der Waals surface area contributed by atoms with Crippen LogP contribution in [0.25, 0.3) is 0 Å². The van der Waals surface area contributed by atoms with Gasteiger partial charge in [0, 0.05) is 11.6 Å². The Kier molecular flexibility index (Phi) is 4.77. The average Bonchev–Trinajstić information content (AvgIpc) is 2.25. The van der Waals surface area contributed by atoms with Gasteiger partial charge in [-0.1, -0.05) is 6.07 Å². The van der Waals surface area contributed by atoms with Gasteiger partial charge in [0.05, 0.1) is 13.2 Å². The predicted molar refractivity (Wildman–Crippen MR) is 77.3 cm³/mol. The third-order valence-electron chi connectivity index (χ3n) is 3.59. The highest BCUT2D eigenvalue weighted by molar-refractivity contribution is 5.51. The summed E-state index contributed by atoms with van der Waals surface area (Å²) in [5.74, 6) is 0.975. The van der Waals surface area contributed by atoms with Crippen LogP contribution in [0.4, 0.5) is 0 Å². The van der Waals surface area contributed by atoms with Crippen molar-refractivity contribution in [3.05, 3.63) is 28.3 Å². The van der Waals surface area contributed by atoms with Crippen LogP contribution in [-0.2, 0) is 0 Å². The molecule has 0 saturated carbocycles. The van der Waals surface area contributed by atoms with E-state index in [0.717, 1.165) is 5.75 Å². The molecule has 0 heterocycles. The molecule has 0 bridgehead atoms. The smallest absolute Gasteiger partial charge is 0.127 e. The molecule has 2 atom stereocenters. The minimum atomic E-state index is 0.0507. The highest BCUT2D eigenvalue weighted by Crippen LogP contribution is 2.36. The molecule has 3 heteroatoms. The van der Waals surface area contributed by atoms with Crippen molar-refractivity contribution < 1.29 is 4.74 Å². The van der Waals surface area contributed by atoms with Gasteiger partial charge in [-0.3, -0.25) is 0 Å². The summed E-state index contributed by atoms with van der Waals surface area (Å²) in [6.07, 6.45) is 0. The van der Waals surface area contributed by atoms with Crippen LogP contribution in [0.1, 0.15) is 35.2 Å². The SMILES string of the molecule is COc1c(C)c(C)cc(C)c1C(C(C)N)N(C)C. The van der Waals surface area contributed by atoms with Gasteiger partial charge in [-0.25, -0.2) is 0 Å². The summed E-state index contributed by atoms with van der Waals surface area (Å²) in [7, 11) is 5.85. The van der Waals surface area contributed by atoms with Crippen molar-refractivity contribution in [1.82, 2.24) is 4.90 Å². The van der Waals surface area contributed by atoms with Gasteiger partial charge in [0.1, 0.15) is 5.75 Å². The van der Waals surface area contributed by atoms with Crippen molar-refractivity contribution in [3.8, 4) is 5.75 Å². The molecule has 1 rings (SSSR count). The first kappa shape index (κ1) is 15.0. The van der Waals surface area contributed by atoms with Crippen LogP contribution < -0.4 is 10.5 Å². The summed E-state index contributed by atoms with van der Waals surface area (Å²) in [4.78, 5) is 2.16. The van der Waals surface area contributed by atoms with Crippen LogP contribution in [0.5, 0.6) is 5.75 Å². The zero-order chi connectivity index (χ0) is 14.0. The van der Waals surface area contributed by atoms with Crippen molar-refractivity contribution in [1.29, 1.82) is 0 Å². The van der Waals surface area contributed by atoms with Crippen LogP contribution in [0, 0.1) is 20.8 Å². The van der Waals surface area contributed by atoms with E-state index >= 15 is 0 Å². The van der Waals surface area contributed by atoms with Gasteiger partial charge in [-0.2, -0.15) is 0 Å². The molecule has 0 aromatic heterocycles. The standard InChI is InChI=1S/C15H26N2O/c1-9-8-10(2)13(15(18-7)11(9)3)14(12(4)16)17(5)6/h8,12,14H,16H2,1-7H3. The van der Waals surface area contributed by atoms with E-state index in [4.69, 9.17) is 10.5 Å². The topological polar surface area (TPSA) is 38.5 Å². The van der Waals surface area contributed by atoms with E-state index in [-0.39, 0.29) is 12.1 Å². The zero-order valence-electron chi connectivity index (χ0n) is 12.7. The molecule has 1 aromatic carbocycles. The number of benzene rings is 1. The fourth-order valence-corrected chi connectivity index (χ4v) is 2.69. The predicted octanol–water partition coefficient (Wildman–Crippen LogP) is 2.57. The molecule has 0 aliphatic heterocycles. The summed E-state index contributed by atoms with van der Waals surface area (Å²) in [6.45, 7) is 8.39. The summed E-state index contributed by atoms with van der Waals surface area (Å²) in [5, 5.41) is 0. The molecular formula is C15H26N2O.